The normalized spacial score (nSPS) is 12.0. The Morgan fingerprint density at radius 3 is 2.04 bits per heavy atom. The van der Waals surface area contributed by atoms with Crippen molar-refractivity contribution >= 4 is 5.96 Å². The average molecular weight is 370 g/mol. The van der Waals surface area contributed by atoms with Gasteiger partial charge in [0.15, 0.2) is 5.96 Å². The van der Waals surface area contributed by atoms with Crippen LogP contribution in [0, 0.1) is 0 Å². The van der Waals surface area contributed by atoms with Crippen molar-refractivity contribution in [3.8, 4) is 5.75 Å². The van der Waals surface area contributed by atoms with Crippen LogP contribution in [0.25, 0.3) is 0 Å². The Hall–Kier alpha value is -2.53. The summed E-state index contributed by atoms with van der Waals surface area (Å²) in [6, 6.07) is 16.3. The first-order chi connectivity index (χ1) is 12.9. The van der Waals surface area contributed by atoms with Crippen LogP contribution in [0.1, 0.15) is 37.5 Å². The highest BCUT2D eigenvalue weighted by atomic mass is 16.5. The van der Waals surface area contributed by atoms with Crippen molar-refractivity contribution in [1.29, 1.82) is 0 Å². The lowest BCUT2D eigenvalue weighted by molar-refractivity contribution is 0.129. The lowest BCUT2D eigenvalue weighted by Crippen LogP contribution is -2.36. The van der Waals surface area contributed by atoms with E-state index in [1.807, 2.05) is 30.3 Å². The minimum absolute atomic E-state index is 0.235. The van der Waals surface area contributed by atoms with Crippen LogP contribution in [0.15, 0.2) is 53.5 Å². The molecule has 0 aliphatic heterocycles. The summed E-state index contributed by atoms with van der Waals surface area (Å²) in [6.45, 7) is 8.06. The summed E-state index contributed by atoms with van der Waals surface area (Å²) < 4.78 is 11.3. The number of nitrogens with zero attached hydrogens (tertiary/aromatic N) is 1. The third kappa shape index (κ3) is 6.94. The summed E-state index contributed by atoms with van der Waals surface area (Å²) in [5.74, 6) is 1.63. The molecule has 0 radical (unpaired) electrons. The predicted molar refractivity (Wildman–Crippen MR) is 111 cm³/mol. The van der Waals surface area contributed by atoms with Crippen LogP contribution in [0.5, 0.6) is 5.75 Å². The zero-order valence-electron chi connectivity index (χ0n) is 17.0. The number of para-hydroxylation sites is 1. The number of hydrogen-bond donors (Lipinski definition) is 2. The fourth-order valence-corrected chi connectivity index (χ4v) is 2.68. The van der Waals surface area contributed by atoms with Crippen molar-refractivity contribution in [2.45, 2.75) is 46.1 Å². The number of nitrogens with one attached hydrogen (secondary N) is 2. The molecule has 0 saturated carbocycles. The van der Waals surface area contributed by atoms with Crippen molar-refractivity contribution in [3.63, 3.8) is 0 Å². The summed E-state index contributed by atoms with van der Waals surface area (Å²) in [5, 5.41) is 6.73. The molecule has 2 rings (SSSR count). The molecule has 2 N–H and O–H groups in total. The monoisotopic (exact) mass is 369 g/mol. The second kappa shape index (κ2) is 9.97. The summed E-state index contributed by atoms with van der Waals surface area (Å²) in [7, 11) is 3.48. The average Bonchev–Trinajstić information content (AvgIpc) is 2.63. The third-order valence-corrected chi connectivity index (χ3v) is 3.92. The first-order valence-electron chi connectivity index (χ1n) is 9.20. The topological polar surface area (TPSA) is 54.9 Å². The highest BCUT2D eigenvalue weighted by Gasteiger charge is 2.14. The first kappa shape index (κ1) is 20.8. The van der Waals surface area contributed by atoms with E-state index in [2.05, 4.69) is 54.6 Å². The van der Waals surface area contributed by atoms with Gasteiger partial charge in [-0.2, -0.15) is 0 Å². The molecule has 2 aromatic rings. The van der Waals surface area contributed by atoms with Gasteiger partial charge in [0.1, 0.15) is 11.4 Å². The molecule has 27 heavy (non-hydrogen) atoms. The number of benzene rings is 2. The summed E-state index contributed by atoms with van der Waals surface area (Å²) in [6.07, 6.45) is 0. The Bertz CT molecular complexity index is 751. The van der Waals surface area contributed by atoms with Gasteiger partial charge < -0.3 is 20.1 Å². The van der Waals surface area contributed by atoms with Gasteiger partial charge in [0.2, 0.25) is 0 Å². The van der Waals surface area contributed by atoms with Crippen LogP contribution in [-0.4, -0.2) is 25.7 Å². The molecule has 0 bridgehead atoms. The molecule has 0 amide bonds. The standard InChI is InChI=1S/C22H31N3O2/c1-22(2,3)27-20-13-9-8-11-18(20)15-25-21(23-4)24-14-17-10-6-7-12-19(17)16-26-5/h6-13H,14-16H2,1-5H3,(H2,23,24,25). The number of methoxy groups -OCH3 is 1. The predicted octanol–water partition coefficient (Wildman–Crippen LogP) is 3.88. The molecule has 0 aliphatic rings. The van der Waals surface area contributed by atoms with E-state index in [0.717, 1.165) is 17.3 Å². The molecule has 0 spiro atoms. The maximum Gasteiger partial charge on any atom is 0.191 e. The molecule has 146 valence electrons. The lowest BCUT2D eigenvalue weighted by Gasteiger charge is -2.23. The molecular weight excluding hydrogens is 338 g/mol. The van der Waals surface area contributed by atoms with Crippen molar-refractivity contribution in [3.05, 3.63) is 65.2 Å². The highest BCUT2D eigenvalue weighted by Crippen LogP contribution is 2.22. The molecule has 0 heterocycles. The van der Waals surface area contributed by atoms with Gasteiger partial charge in [-0.1, -0.05) is 42.5 Å². The second-order valence-electron chi connectivity index (χ2n) is 7.30. The van der Waals surface area contributed by atoms with Crippen molar-refractivity contribution in [2.24, 2.45) is 4.99 Å². The van der Waals surface area contributed by atoms with Gasteiger partial charge in [-0.25, -0.2) is 0 Å². The summed E-state index contributed by atoms with van der Waals surface area (Å²) in [5.41, 5.74) is 3.22. The van der Waals surface area contributed by atoms with Gasteiger partial charge in [-0.15, -0.1) is 0 Å². The molecule has 0 atom stereocenters. The smallest absolute Gasteiger partial charge is 0.191 e. The maximum atomic E-state index is 6.06. The molecule has 2 aromatic carbocycles. The van der Waals surface area contributed by atoms with E-state index in [0.29, 0.717) is 19.7 Å². The Morgan fingerprint density at radius 1 is 0.889 bits per heavy atom. The van der Waals surface area contributed by atoms with E-state index >= 15 is 0 Å². The van der Waals surface area contributed by atoms with E-state index in [-0.39, 0.29) is 5.60 Å². The molecular formula is C22H31N3O2. The number of aliphatic imine (C=N–C) groups is 1. The molecule has 0 fully saturated rings. The number of hydrogen-bond acceptors (Lipinski definition) is 3. The SMILES string of the molecule is CN=C(NCc1ccccc1COC)NCc1ccccc1OC(C)(C)C. The summed E-state index contributed by atoms with van der Waals surface area (Å²) >= 11 is 0. The van der Waals surface area contributed by atoms with E-state index in [9.17, 15) is 0 Å². The molecule has 0 aromatic heterocycles. The number of rotatable bonds is 7. The minimum atomic E-state index is -0.235. The Balaban J connectivity index is 1.97. The number of ether oxygens (including phenoxy) is 2. The van der Waals surface area contributed by atoms with Crippen molar-refractivity contribution < 1.29 is 9.47 Å². The number of guanidine groups is 1. The van der Waals surface area contributed by atoms with E-state index < -0.39 is 0 Å². The zero-order chi connectivity index (χ0) is 19.7. The van der Waals surface area contributed by atoms with Crippen LogP contribution in [-0.2, 0) is 24.4 Å². The van der Waals surface area contributed by atoms with E-state index in [4.69, 9.17) is 9.47 Å². The van der Waals surface area contributed by atoms with Gasteiger partial charge in [0.05, 0.1) is 6.61 Å². The van der Waals surface area contributed by atoms with Crippen LogP contribution in [0.4, 0.5) is 0 Å². The molecule has 0 unspecified atom stereocenters. The van der Waals surface area contributed by atoms with Gasteiger partial charge in [0.25, 0.3) is 0 Å². The zero-order valence-corrected chi connectivity index (χ0v) is 17.0. The van der Waals surface area contributed by atoms with Crippen LogP contribution in [0.3, 0.4) is 0 Å². The van der Waals surface area contributed by atoms with Gasteiger partial charge in [0, 0.05) is 32.8 Å². The van der Waals surface area contributed by atoms with E-state index in [1.165, 1.54) is 11.1 Å². The molecule has 5 nitrogen and oxygen atoms in total. The van der Waals surface area contributed by atoms with Crippen LogP contribution in [0.2, 0.25) is 0 Å². The quantitative estimate of drug-likeness (QED) is 0.574. The summed E-state index contributed by atoms with van der Waals surface area (Å²) in [4.78, 5) is 4.32. The van der Waals surface area contributed by atoms with Gasteiger partial charge >= 0.3 is 0 Å². The van der Waals surface area contributed by atoms with Crippen molar-refractivity contribution in [1.82, 2.24) is 10.6 Å². The minimum Gasteiger partial charge on any atom is -0.488 e. The molecule has 0 saturated heterocycles. The third-order valence-electron chi connectivity index (χ3n) is 3.92. The van der Waals surface area contributed by atoms with E-state index in [1.54, 1.807) is 14.2 Å². The van der Waals surface area contributed by atoms with Gasteiger partial charge in [-0.05, 0) is 38.0 Å². The highest BCUT2D eigenvalue weighted by molar-refractivity contribution is 5.79. The largest absolute Gasteiger partial charge is 0.488 e. The van der Waals surface area contributed by atoms with Crippen LogP contribution < -0.4 is 15.4 Å². The second-order valence-corrected chi connectivity index (χ2v) is 7.30. The lowest BCUT2D eigenvalue weighted by atomic mass is 10.1. The van der Waals surface area contributed by atoms with Gasteiger partial charge in [-0.3, -0.25) is 4.99 Å². The van der Waals surface area contributed by atoms with Crippen LogP contribution >= 0.6 is 0 Å². The Morgan fingerprint density at radius 2 is 1.44 bits per heavy atom. The molecule has 0 aliphatic carbocycles. The Labute approximate surface area is 162 Å². The van der Waals surface area contributed by atoms with Crippen molar-refractivity contribution in [2.75, 3.05) is 14.2 Å². The fourth-order valence-electron chi connectivity index (χ4n) is 2.68. The fraction of sp³-hybridized carbons (Fsp3) is 0.409. The Kier molecular flexibility index (Phi) is 7.67. The first-order valence-corrected chi connectivity index (χ1v) is 9.20. The molecule has 5 heteroatoms. The maximum absolute atomic E-state index is 6.06.